The van der Waals surface area contributed by atoms with Gasteiger partial charge >= 0.3 is 0 Å². The summed E-state index contributed by atoms with van der Waals surface area (Å²) >= 11 is 8.74. The van der Waals surface area contributed by atoms with Gasteiger partial charge in [0.2, 0.25) is 0 Å². The fourth-order valence-corrected chi connectivity index (χ4v) is 4.45. The van der Waals surface area contributed by atoms with E-state index in [1.165, 1.54) is 23.1 Å². The van der Waals surface area contributed by atoms with Crippen LogP contribution in [0.3, 0.4) is 0 Å². The van der Waals surface area contributed by atoms with Crippen molar-refractivity contribution in [2.75, 3.05) is 17.7 Å². The first-order valence-corrected chi connectivity index (χ1v) is 11.0. The van der Waals surface area contributed by atoms with E-state index in [2.05, 4.69) is 39.1 Å². The second-order valence-electron chi connectivity index (χ2n) is 6.87. The SMILES string of the molecule is CC(C)C[C@H](CO)Nc1nc(S[C@@H](C)c2ccc(Cl)cn2)nc2nc(N)sc12. The molecule has 2 atom stereocenters. The van der Waals surface area contributed by atoms with Crippen molar-refractivity contribution in [3.63, 3.8) is 0 Å². The molecule has 0 bridgehead atoms. The first kappa shape index (κ1) is 21.0. The molecule has 0 unspecified atom stereocenters. The zero-order valence-electron chi connectivity index (χ0n) is 15.9. The number of nitrogens with one attached hydrogen (secondary N) is 1. The average Bonchev–Trinajstić information content (AvgIpc) is 3.01. The van der Waals surface area contributed by atoms with Gasteiger partial charge in [-0.2, -0.15) is 0 Å². The molecule has 4 N–H and O–H groups in total. The summed E-state index contributed by atoms with van der Waals surface area (Å²) in [5, 5.41) is 14.7. The van der Waals surface area contributed by atoms with E-state index in [0.717, 1.165) is 16.8 Å². The van der Waals surface area contributed by atoms with Gasteiger partial charge in [0.05, 0.1) is 28.6 Å². The summed E-state index contributed by atoms with van der Waals surface area (Å²) in [6.45, 7) is 6.29. The van der Waals surface area contributed by atoms with Crippen LogP contribution in [0.1, 0.15) is 38.1 Å². The van der Waals surface area contributed by atoms with Crippen LogP contribution in [0.15, 0.2) is 23.5 Å². The lowest BCUT2D eigenvalue weighted by Gasteiger charge is -2.19. The predicted octanol–water partition coefficient (Wildman–Crippen LogP) is 4.39. The third-order valence-corrected chi connectivity index (χ3v) is 6.11. The summed E-state index contributed by atoms with van der Waals surface area (Å²) in [4.78, 5) is 17.9. The first-order valence-electron chi connectivity index (χ1n) is 8.95. The van der Waals surface area contributed by atoms with Gasteiger partial charge in [0.25, 0.3) is 0 Å². The molecule has 0 amide bonds. The number of thioether (sulfide) groups is 1. The van der Waals surface area contributed by atoms with Crippen LogP contribution in [-0.4, -0.2) is 37.7 Å². The van der Waals surface area contributed by atoms with E-state index in [1.807, 2.05) is 19.1 Å². The number of fused-ring (bicyclic) bond motifs is 1. The number of aliphatic hydroxyl groups excluding tert-OH is 1. The zero-order valence-corrected chi connectivity index (χ0v) is 18.3. The third-order valence-electron chi connectivity index (χ3n) is 4.02. The van der Waals surface area contributed by atoms with Crippen LogP contribution in [0.5, 0.6) is 0 Å². The van der Waals surface area contributed by atoms with Crippen molar-refractivity contribution in [2.24, 2.45) is 5.92 Å². The molecule has 3 aromatic rings. The molecule has 0 fully saturated rings. The number of nitrogens with zero attached hydrogens (tertiary/aromatic N) is 4. The molecule has 7 nitrogen and oxygen atoms in total. The maximum atomic E-state index is 9.73. The number of halogens is 1. The molecule has 0 aliphatic rings. The quantitative estimate of drug-likeness (QED) is 0.351. The molecule has 3 rings (SSSR count). The number of rotatable bonds is 8. The van der Waals surface area contributed by atoms with Crippen LogP contribution < -0.4 is 11.1 Å². The summed E-state index contributed by atoms with van der Waals surface area (Å²) < 4.78 is 0.793. The minimum absolute atomic E-state index is 0.0194. The Kier molecular flexibility index (Phi) is 6.92. The van der Waals surface area contributed by atoms with E-state index in [4.69, 9.17) is 17.3 Å². The van der Waals surface area contributed by atoms with Crippen LogP contribution in [-0.2, 0) is 0 Å². The highest BCUT2D eigenvalue weighted by Crippen LogP contribution is 2.36. The second-order valence-corrected chi connectivity index (χ2v) is 9.65. The molecule has 0 saturated carbocycles. The van der Waals surface area contributed by atoms with E-state index >= 15 is 0 Å². The number of nitrogens with two attached hydrogens (primary N) is 1. The number of nitrogen functional groups attached to an aromatic ring is 1. The number of aromatic nitrogens is 4. The van der Waals surface area contributed by atoms with Crippen molar-refractivity contribution in [1.29, 1.82) is 0 Å². The Morgan fingerprint density at radius 3 is 2.68 bits per heavy atom. The molecule has 10 heteroatoms. The minimum atomic E-state index is -0.102. The fourth-order valence-electron chi connectivity index (χ4n) is 2.76. The zero-order chi connectivity index (χ0) is 20.3. The molecular weight excluding hydrogens is 416 g/mol. The lowest BCUT2D eigenvalue weighted by molar-refractivity contribution is 0.259. The van der Waals surface area contributed by atoms with E-state index in [-0.39, 0.29) is 17.9 Å². The highest BCUT2D eigenvalue weighted by molar-refractivity contribution is 7.99. The van der Waals surface area contributed by atoms with Crippen molar-refractivity contribution in [3.05, 3.63) is 29.0 Å². The average molecular weight is 439 g/mol. The molecule has 0 aliphatic carbocycles. The predicted molar refractivity (Wildman–Crippen MR) is 117 cm³/mol. The molecule has 0 spiro atoms. The van der Waals surface area contributed by atoms with Crippen LogP contribution in [0.25, 0.3) is 10.3 Å². The summed E-state index contributed by atoms with van der Waals surface area (Å²) in [5.41, 5.74) is 7.34. The normalized spacial score (nSPS) is 13.8. The molecule has 3 heterocycles. The van der Waals surface area contributed by atoms with Crippen molar-refractivity contribution >= 4 is 56.0 Å². The number of anilines is 2. The first-order chi connectivity index (χ1) is 13.4. The van der Waals surface area contributed by atoms with Gasteiger partial charge in [0.15, 0.2) is 21.8 Å². The van der Waals surface area contributed by atoms with Crippen molar-refractivity contribution in [3.8, 4) is 0 Å². The van der Waals surface area contributed by atoms with Gasteiger partial charge in [-0.25, -0.2) is 15.0 Å². The maximum Gasteiger partial charge on any atom is 0.192 e. The lowest BCUT2D eigenvalue weighted by atomic mass is 10.0. The number of pyridine rings is 1. The van der Waals surface area contributed by atoms with E-state index in [1.54, 1.807) is 6.20 Å². The Labute approximate surface area is 177 Å². The molecule has 150 valence electrons. The monoisotopic (exact) mass is 438 g/mol. The summed E-state index contributed by atoms with van der Waals surface area (Å²) in [7, 11) is 0. The van der Waals surface area contributed by atoms with E-state index < -0.39 is 0 Å². The summed E-state index contributed by atoms with van der Waals surface area (Å²) in [6, 6.07) is 3.61. The van der Waals surface area contributed by atoms with Crippen LogP contribution in [0, 0.1) is 5.92 Å². The Hall–Kier alpha value is -1.68. The van der Waals surface area contributed by atoms with Crippen LogP contribution in [0.4, 0.5) is 10.9 Å². The molecule has 0 radical (unpaired) electrons. The Balaban J connectivity index is 1.89. The number of thiazole rings is 1. The van der Waals surface area contributed by atoms with Gasteiger partial charge in [-0.3, -0.25) is 4.98 Å². The Morgan fingerprint density at radius 1 is 1.25 bits per heavy atom. The van der Waals surface area contributed by atoms with E-state index in [0.29, 0.717) is 32.7 Å². The van der Waals surface area contributed by atoms with Gasteiger partial charge in [-0.05, 0) is 31.4 Å². The third kappa shape index (κ3) is 5.22. The molecule has 0 aliphatic heterocycles. The van der Waals surface area contributed by atoms with Crippen molar-refractivity contribution in [2.45, 2.75) is 43.6 Å². The maximum absolute atomic E-state index is 9.73. The number of hydrogen-bond acceptors (Lipinski definition) is 9. The van der Waals surface area contributed by atoms with E-state index in [9.17, 15) is 5.11 Å². The molecular formula is C18H23ClN6OS2. The largest absolute Gasteiger partial charge is 0.394 e. The highest BCUT2D eigenvalue weighted by Gasteiger charge is 2.19. The number of aliphatic hydroxyl groups is 1. The van der Waals surface area contributed by atoms with Gasteiger partial charge in [-0.1, -0.05) is 48.5 Å². The highest BCUT2D eigenvalue weighted by atomic mass is 35.5. The Morgan fingerprint density at radius 2 is 2.04 bits per heavy atom. The molecule has 0 saturated heterocycles. The smallest absolute Gasteiger partial charge is 0.192 e. The van der Waals surface area contributed by atoms with Crippen LogP contribution in [0.2, 0.25) is 5.02 Å². The van der Waals surface area contributed by atoms with Crippen molar-refractivity contribution < 1.29 is 5.11 Å². The Bertz CT molecular complexity index is 934. The van der Waals surface area contributed by atoms with Gasteiger partial charge in [0.1, 0.15) is 4.70 Å². The van der Waals surface area contributed by atoms with Gasteiger partial charge in [-0.15, -0.1) is 0 Å². The minimum Gasteiger partial charge on any atom is -0.394 e. The van der Waals surface area contributed by atoms with Gasteiger partial charge in [0, 0.05) is 6.20 Å². The topological polar surface area (TPSA) is 110 Å². The second kappa shape index (κ2) is 9.21. The summed E-state index contributed by atoms with van der Waals surface area (Å²) in [6.07, 6.45) is 2.45. The standard InChI is InChI=1S/C18H23ClN6OS2/c1-9(2)6-12(8-26)22-15-14-16(23-17(20)28-14)25-18(24-15)27-10(3)13-5-4-11(19)7-21-13/h4-5,7,9-10,12,26H,6,8H2,1-3H3,(H3,20,22,23,24,25)/t10-,12+/m0/s1. The molecule has 0 aromatic carbocycles. The fraction of sp³-hybridized carbons (Fsp3) is 0.444. The van der Waals surface area contributed by atoms with Crippen LogP contribution >= 0.6 is 34.7 Å². The molecule has 3 aromatic heterocycles. The molecule has 28 heavy (non-hydrogen) atoms. The summed E-state index contributed by atoms with van der Waals surface area (Å²) in [5.74, 6) is 1.09. The lowest BCUT2D eigenvalue weighted by Crippen LogP contribution is -2.26. The van der Waals surface area contributed by atoms with Crippen molar-refractivity contribution in [1.82, 2.24) is 19.9 Å². The van der Waals surface area contributed by atoms with Gasteiger partial charge < -0.3 is 16.2 Å². The number of hydrogen-bond donors (Lipinski definition) is 3.